The number of pyridine rings is 1. The molecule has 0 aromatic carbocycles. The summed E-state index contributed by atoms with van der Waals surface area (Å²) in [5, 5.41) is 13.5. The number of aromatic nitrogens is 1. The van der Waals surface area contributed by atoms with Gasteiger partial charge >= 0.3 is 0 Å². The van der Waals surface area contributed by atoms with Gasteiger partial charge in [-0.15, -0.1) is 0 Å². The van der Waals surface area contributed by atoms with Crippen LogP contribution in [0.3, 0.4) is 0 Å². The Morgan fingerprint density at radius 1 is 1.44 bits per heavy atom. The maximum absolute atomic E-state index is 9.25. The van der Waals surface area contributed by atoms with Gasteiger partial charge < -0.3 is 5.32 Å². The Labute approximate surface area is 113 Å². The van der Waals surface area contributed by atoms with Crippen LogP contribution in [0.15, 0.2) is 6.07 Å². The lowest BCUT2D eigenvalue weighted by molar-refractivity contribution is 0.767. The Kier molecular flexibility index (Phi) is 4.13. The molecule has 1 fully saturated rings. The van der Waals surface area contributed by atoms with E-state index >= 15 is 0 Å². The average Bonchev–Trinajstić information content (AvgIpc) is 2.76. The minimum Gasteiger partial charge on any atom is -0.380 e. The van der Waals surface area contributed by atoms with Gasteiger partial charge in [0.15, 0.2) is 0 Å². The monoisotopic (exact) mass is 261 g/mol. The molecule has 0 aliphatic heterocycles. The highest BCUT2D eigenvalue weighted by molar-refractivity contribution is 7.99. The molecule has 1 N–H and O–H groups in total. The summed E-state index contributed by atoms with van der Waals surface area (Å²) in [6.07, 6.45) is 5.90. The summed E-state index contributed by atoms with van der Waals surface area (Å²) < 4.78 is 0. The SMILES string of the molecule is CSC1CCCC1Nc1cc(C)nc(C)c1C#N. The van der Waals surface area contributed by atoms with Gasteiger partial charge in [-0.3, -0.25) is 4.98 Å². The normalized spacial score (nSPS) is 22.8. The third-order valence-corrected chi connectivity index (χ3v) is 4.71. The second-order valence-electron chi connectivity index (χ2n) is 4.84. The minimum absolute atomic E-state index is 0.480. The van der Waals surface area contributed by atoms with Gasteiger partial charge in [-0.05, 0) is 39.0 Å². The van der Waals surface area contributed by atoms with Crippen molar-refractivity contribution >= 4 is 17.4 Å². The summed E-state index contributed by atoms with van der Waals surface area (Å²) >= 11 is 1.92. The maximum atomic E-state index is 9.25. The van der Waals surface area contributed by atoms with E-state index in [9.17, 15) is 5.26 Å². The molecule has 1 saturated carbocycles. The number of anilines is 1. The van der Waals surface area contributed by atoms with Crippen LogP contribution in [0.4, 0.5) is 5.69 Å². The van der Waals surface area contributed by atoms with E-state index in [1.165, 1.54) is 19.3 Å². The van der Waals surface area contributed by atoms with Gasteiger partial charge in [-0.2, -0.15) is 17.0 Å². The number of hydrogen-bond acceptors (Lipinski definition) is 4. The molecular weight excluding hydrogens is 242 g/mol. The molecule has 3 nitrogen and oxygen atoms in total. The molecule has 1 aliphatic carbocycles. The van der Waals surface area contributed by atoms with Crippen LogP contribution in [0.25, 0.3) is 0 Å². The fraction of sp³-hybridized carbons (Fsp3) is 0.571. The zero-order valence-electron chi connectivity index (χ0n) is 11.2. The molecule has 0 radical (unpaired) electrons. The van der Waals surface area contributed by atoms with Gasteiger partial charge in [-0.1, -0.05) is 6.42 Å². The highest BCUT2D eigenvalue weighted by atomic mass is 32.2. The van der Waals surface area contributed by atoms with Crippen LogP contribution >= 0.6 is 11.8 Å². The second-order valence-corrected chi connectivity index (χ2v) is 5.92. The van der Waals surface area contributed by atoms with Crippen molar-refractivity contribution in [1.29, 1.82) is 5.26 Å². The molecule has 2 atom stereocenters. The molecule has 4 heteroatoms. The summed E-state index contributed by atoms with van der Waals surface area (Å²) in [7, 11) is 0. The topological polar surface area (TPSA) is 48.7 Å². The first-order chi connectivity index (χ1) is 8.65. The van der Waals surface area contributed by atoms with Crippen LogP contribution in [-0.2, 0) is 0 Å². The van der Waals surface area contributed by atoms with Crippen molar-refractivity contribution in [2.45, 2.75) is 44.4 Å². The summed E-state index contributed by atoms with van der Waals surface area (Å²) in [5.41, 5.74) is 3.42. The Bertz CT molecular complexity index is 479. The highest BCUT2D eigenvalue weighted by Gasteiger charge is 2.27. The van der Waals surface area contributed by atoms with Crippen LogP contribution in [-0.4, -0.2) is 22.5 Å². The van der Waals surface area contributed by atoms with E-state index in [1.807, 2.05) is 31.7 Å². The molecule has 18 heavy (non-hydrogen) atoms. The molecule has 0 bridgehead atoms. The van der Waals surface area contributed by atoms with Gasteiger partial charge in [0.2, 0.25) is 0 Å². The number of nitrogens with one attached hydrogen (secondary N) is 1. The molecule has 96 valence electrons. The lowest BCUT2D eigenvalue weighted by Gasteiger charge is -2.21. The molecule has 2 unspecified atom stereocenters. The summed E-state index contributed by atoms with van der Waals surface area (Å²) in [5.74, 6) is 0. The second kappa shape index (κ2) is 5.62. The Balaban J connectivity index is 2.26. The van der Waals surface area contributed by atoms with Crippen molar-refractivity contribution in [3.8, 4) is 6.07 Å². The fourth-order valence-corrected chi connectivity index (χ4v) is 3.59. The quantitative estimate of drug-likeness (QED) is 0.907. The molecule has 1 aromatic rings. The van der Waals surface area contributed by atoms with Crippen molar-refractivity contribution in [3.05, 3.63) is 23.0 Å². The Morgan fingerprint density at radius 3 is 2.89 bits per heavy atom. The third kappa shape index (κ3) is 2.62. The van der Waals surface area contributed by atoms with Gasteiger partial charge in [0.1, 0.15) is 6.07 Å². The standard InChI is InChI=1S/C14H19N3S/c1-9-7-13(11(8-15)10(2)16-9)17-12-5-4-6-14(12)18-3/h7,12,14H,4-6H2,1-3H3,(H,16,17). The van der Waals surface area contributed by atoms with Gasteiger partial charge in [0.05, 0.1) is 16.9 Å². The summed E-state index contributed by atoms with van der Waals surface area (Å²) in [4.78, 5) is 4.35. The molecule has 0 saturated heterocycles. The Hall–Kier alpha value is -1.21. The van der Waals surface area contributed by atoms with E-state index in [4.69, 9.17) is 0 Å². The molecule has 0 amide bonds. The molecule has 1 heterocycles. The summed E-state index contributed by atoms with van der Waals surface area (Å²) in [6.45, 7) is 3.87. The van der Waals surface area contributed by atoms with E-state index in [-0.39, 0.29) is 0 Å². The smallest absolute Gasteiger partial charge is 0.103 e. The predicted octanol–water partition coefficient (Wildman–Crippen LogP) is 3.27. The van der Waals surface area contributed by atoms with E-state index in [2.05, 4.69) is 22.6 Å². The minimum atomic E-state index is 0.480. The molecule has 1 aliphatic rings. The number of aryl methyl sites for hydroxylation is 2. The van der Waals surface area contributed by atoms with Crippen molar-refractivity contribution in [2.24, 2.45) is 0 Å². The van der Waals surface area contributed by atoms with Crippen molar-refractivity contribution in [3.63, 3.8) is 0 Å². The number of nitrogens with zero attached hydrogens (tertiary/aromatic N) is 2. The first-order valence-corrected chi connectivity index (χ1v) is 7.62. The van der Waals surface area contributed by atoms with Crippen LogP contribution in [0.2, 0.25) is 0 Å². The number of rotatable bonds is 3. The molecule has 2 rings (SSSR count). The number of nitriles is 1. The first-order valence-electron chi connectivity index (χ1n) is 6.33. The summed E-state index contributed by atoms with van der Waals surface area (Å²) in [6, 6.07) is 4.73. The fourth-order valence-electron chi connectivity index (χ4n) is 2.66. The zero-order valence-corrected chi connectivity index (χ0v) is 12.0. The molecular formula is C14H19N3S. The van der Waals surface area contributed by atoms with E-state index in [1.54, 1.807) is 0 Å². The van der Waals surface area contributed by atoms with Gasteiger partial charge in [-0.25, -0.2) is 0 Å². The van der Waals surface area contributed by atoms with Crippen LogP contribution in [0, 0.1) is 25.2 Å². The van der Waals surface area contributed by atoms with Crippen molar-refractivity contribution in [2.75, 3.05) is 11.6 Å². The van der Waals surface area contributed by atoms with Crippen molar-refractivity contribution < 1.29 is 0 Å². The van der Waals surface area contributed by atoms with Crippen molar-refractivity contribution in [1.82, 2.24) is 4.98 Å². The lowest BCUT2D eigenvalue weighted by Crippen LogP contribution is -2.26. The maximum Gasteiger partial charge on any atom is 0.103 e. The zero-order chi connectivity index (χ0) is 13.1. The lowest BCUT2D eigenvalue weighted by atomic mass is 10.1. The van der Waals surface area contributed by atoms with Gasteiger partial charge in [0, 0.05) is 17.0 Å². The van der Waals surface area contributed by atoms with E-state index in [0.717, 1.165) is 17.1 Å². The third-order valence-electron chi connectivity index (χ3n) is 3.54. The average molecular weight is 261 g/mol. The molecule has 0 spiro atoms. The molecule has 1 aromatic heterocycles. The van der Waals surface area contributed by atoms with Crippen LogP contribution in [0.1, 0.15) is 36.2 Å². The predicted molar refractivity (Wildman–Crippen MR) is 77.0 cm³/mol. The highest BCUT2D eigenvalue weighted by Crippen LogP contribution is 2.32. The number of hydrogen-bond donors (Lipinski definition) is 1. The number of thioether (sulfide) groups is 1. The van der Waals surface area contributed by atoms with E-state index < -0.39 is 0 Å². The largest absolute Gasteiger partial charge is 0.380 e. The van der Waals surface area contributed by atoms with Crippen LogP contribution in [0.5, 0.6) is 0 Å². The van der Waals surface area contributed by atoms with Crippen LogP contribution < -0.4 is 5.32 Å². The first kappa shape index (κ1) is 13.2. The van der Waals surface area contributed by atoms with E-state index in [0.29, 0.717) is 16.9 Å². The van der Waals surface area contributed by atoms with Gasteiger partial charge in [0.25, 0.3) is 0 Å². The Morgan fingerprint density at radius 2 is 2.22 bits per heavy atom.